The predicted octanol–water partition coefficient (Wildman–Crippen LogP) is 4.57. The van der Waals surface area contributed by atoms with Gasteiger partial charge in [0.15, 0.2) is 0 Å². The number of nitrogens with one attached hydrogen (secondary N) is 1. The van der Waals surface area contributed by atoms with Gasteiger partial charge in [0.25, 0.3) is 0 Å². The van der Waals surface area contributed by atoms with E-state index < -0.39 is 15.8 Å². The van der Waals surface area contributed by atoms with Crippen LogP contribution in [0.1, 0.15) is 11.1 Å². The second-order valence-corrected chi connectivity index (χ2v) is 7.51. The number of hydrogen-bond acceptors (Lipinski definition) is 2. The maximum atomic E-state index is 13.7. The van der Waals surface area contributed by atoms with E-state index in [1.54, 1.807) is 6.92 Å². The SMILES string of the molecule is Cc1cc(S(=O)(=O)NCc2c(F)cccc2Cl)c(Cl)cc1Cl. The van der Waals surface area contributed by atoms with Gasteiger partial charge in [0.1, 0.15) is 10.7 Å². The summed E-state index contributed by atoms with van der Waals surface area (Å²) >= 11 is 17.7. The molecule has 0 aliphatic rings. The molecule has 22 heavy (non-hydrogen) atoms. The summed E-state index contributed by atoms with van der Waals surface area (Å²) in [5.41, 5.74) is 0.630. The lowest BCUT2D eigenvalue weighted by Gasteiger charge is -2.11. The predicted molar refractivity (Wildman–Crippen MR) is 86.6 cm³/mol. The maximum Gasteiger partial charge on any atom is 0.242 e. The Bertz CT molecular complexity index is 805. The van der Waals surface area contributed by atoms with Gasteiger partial charge in [0.05, 0.1) is 5.02 Å². The summed E-state index contributed by atoms with van der Waals surface area (Å²) in [4.78, 5) is -0.122. The monoisotopic (exact) mass is 381 g/mol. The first-order valence-electron chi connectivity index (χ1n) is 6.10. The average Bonchev–Trinajstić information content (AvgIpc) is 2.42. The molecular weight excluding hydrogens is 372 g/mol. The van der Waals surface area contributed by atoms with E-state index in [0.717, 1.165) is 0 Å². The minimum absolute atomic E-state index is 0.0114. The molecule has 3 nitrogen and oxygen atoms in total. The van der Waals surface area contributed by atoms with Gasteiger partial charge in [0, 0.05) is 22.2 Å². The lowest BCUT2D eigenvalue weighted by Crippen LogP contribution is -2.24. The quantitative estimate of drug-likeness (QED) is 0.842. The second kappa shape index (κ2) is 6.72. The summed E-state index contributed by atoms with van der Waals surface area (Å²) < 4.78 is 40.6. The van der Waals surface area contributed by atoms with E-state index in [0.29, 0.717) is 10.6 Å². The van der Waals surface area contributed by atoms with Crippen LogP contribution in [0.5, 0.6) is 0 Å². The van der Waals surface area contributed by atoms with Crippen LogP contribution >= 0.6 is 34.8 Å². The molecule has 2 rings (SSSR count). The average molecular weight is 383 g/mol. The van der Waals surface area contributed by atoms with Gasteiger partial charge in [-0.05, 0) is 36.8 Å². The van der Waals surface area contributed by atoms with E-state index in [1.807, 2.05) is 0 Å². The fraction of sp³-hybridized carbons (Fsp3) is 0.143. The number of aryl methyl sites for hydroxylation is 1. The highest BCUT2D eigenvalue weighted by Gasteiger charge is 2.20. The van der Waals surface area contributed by atoms with Gasteiger partial charge in [-0.25, -0.2) is 17.5 Å². The molecule has 0 saturated heterocycles. The van der Waals surface area contributed by atoms with Crippen LogP contribution in [-0.2, 0) is 16.6 Å². The highest BCUT2D eigenvalue weighted by Crippen LogP contribution is 2.28. The Hall–Kier alpha value is -0.850. The molecule has 0 bridgehead atoms. The van der Waals surface area contributed by atoms with Gasteiger partial charge >= 0.3 is 0 Å². The molecule has 1 N–H and O–H groups in total. The van der Waals surface area contributed by atoms with Gasteiger partial charge in [-0.1, -0.05) is 40.9 Å². The van der Waals surface area contributed by atoms with Gasteiger partial charge in [-0.15, -0.1) is 0 Å². The van der Waals surface area contributed by atoms with Crippen molar-refractivity contribution in [3.63, 3.8) is 0 Å². The standard InChI is InChI=1S/C14H11Cl3FNO2S/c1-8-5-14(12(17)6-11(8)16)22(20,21)19-7-9-10(15)3-2-4-13(9)18/h2-6,19H,7H2,1H3. The molecule has 0 atom stereocenters. The molecule has 0 unspecified atom stereocenters. The van der Waals surface area contributed by atoms with Crippen LogP contribution in [0.3, 0.4) is 0 Å². The van der Waals surface area contributed by atoms with Gasteiger partial charge in [-0.2, -0.15) is 0 Å². The fourth-order valence-electron chi connectivity index (χ4n) is 1.78. The molecule has 0 aliphatic carbocycles. The molecule has 0 radical (unpaired) electrons. The smallest absolute Gasteiger partial charge is 0.207 e. The van der Waals surface area contributed by atoms with E-state index in [9.17, 15) is 12.8 Å². The molecule has 2 aromatic rings. The first-order valence-corrected chi connectivity index (χ1v) is 8.72. The van der Waals surface area contributed by atoms with Crippen molar-refractivity contribution in [1.29, 1.82) is 0 Å². The summed E-state index contributed by atoms with van der Waals surface area (Å²) in [6, 6.07) is 6.83. The van der Waals surface area contributed by atoms with Crippen molar-refractivity contribution in [2.24, 2.45) is 0 Å². The number of hydrogen-bond donors (Lipinski definition) is 1. The molecule has 2 aromatic carbocycles. The Morgan fingerprint density at radius 1 is 1.09 bits per heavy atom. The first kappa shape index (κ1) is 17.5. The van der Waals surface area contributed by atoms with Crippen LogP contribution in [0.4, 0.5) is 4.39 Å². The van der Waals surface area contributed by atoms with E-state index in [-0.39, 0.29) is 27.0 Å². The Morgan fingerprint density at radius 3 is 2.41 bits per heavy atom. The van der Waals surface area contributed by atoms with Crippen LogP contribution in [-0.4, -0.2) is 8.42 Å². The summed E-state index contributed by atoms with van der Waals surface area (Å²) in [7, 11) is -3.93. The summed E-state index contributed by atoms with van der Waals surface area (Å²) in [6.07, 6.45) is 0. The highest BCUT2D eigenvalue weighted by molar-refractivity contribution is 7.89. The Balaban J connectivity index is 2.31. The lowest BCUT2D eigenvalue weighted by molar-refractivity contribution is 0.574. The van der Waals surface area contributed by atoms with Crippen LogP contribution in [0.2, 0.25) is 15.1 Å². The van der Waals surface area contributed by atoms with Crippen LogP contribution in [0, 0.1) is 12.7 Å². The van der Waals surface area contributed by atoms with E-state index >= 15 is 0 Å². The third kappa shape index (κ3) is 3.73. The van der Waals surface area contributed by atoms with Gasteiger partial charge < -0.3 is 0 Å². The Morgan fingerprint density at radius 2 is 1.77 bits per heavy atom. The van der Waals surface area contributed by atoms with Crippen molar-refractivity contribution in [3.8, 4) is 0 Å². The van der Waals surface area contributed by atoms with E-state index in [4.69, 9.17) is 34.8 Å². The molecular formula is C14H11Cl3FNO2S. The third-order valence-electron chi connectivity index (χ3n) is 3.00. The van der Waals surface area contributed by atoms with Gasteiger partial charge in [-0.3, -0.25) is 0 Å². The zero-order chi connectivity index (χ0) is 16.5. The molecule has 8 heteroatoms. The third-order valence-corrected chi connectivity index (χ3v) is 5.63. The van der Waals surface area contributed by atoms with Crippen molar-refractivity contribution in [1.82, 2.24) is 4.72 Å². The normalized spacial score (nSPS) is 11.7. The minimum Gasteiger partial charge on any atom is -0.207 e. The second-order valence-electron chi connectivity index (χ2n) is 4.56. The van der Waals surface area contributed by atoms with Crippen LogP contribution < -0.4 is 4.72 Å². The first-order chi connectivity index (χ1) is 10.2. The number of halogens is 4. The molecule has 0 fully saturated rings. The Labute approximate surface area is 143 Å². The molecule has 0 spiro atoms. The molecule has 0 aromatic heterocycles. The Kier molecular flexibility index (Phi) is 5.35. The zero-order valence-electron chi connectivity index (χ0n) is 11.3. The minimum atomic E-state index is -3.93. The number of rotatable bonds is 4. The van der Waals surface area contributed by atoms with Crippen LogP contribution in [0.15, 0.2) is 35.2 Å². The van der Waals surface area contributed by atoms with Crippen molar-refractivity contribution in [3.05, 3.63) is 62.3 Å². The van der Waals surface area contributed by atoms with Crippen molar-refractivity contribution >= 4 is 44.8 Å². The summed E-state index contributed by atoms with van der Waals surface area (Å²) in [6.45, 7) is 1.37. The van der Waals surface area contributed by atoms with Gasteiger partial charge in [0.2, 0.25) is 10.0 Å². The lowest BCUT2D eigenvalue weighted by atomic mass is 10.2. The fourth-order valence-corrected chi connectivity index (χ4v) is 3.84. The zero-order valence-corrected chi connectivity index (χ0v) is 14.4. The van der Waals surface area contributed by atoms with Crippen molar-refractivity contribution in [2.75, 3.05) is 0 Å². The molecule has 0 amide bonds. The van der Waals surface area contributed by atoms with Crippen molar-refractivity contribution < 1.29 is 12.8 Å². The molecule has 0 aliphatic heterocycles. The molecule has 0 saturated carbocycles. The number of sulfonamides is 1. The van der Waals surface area contributed by atoms with Crippen LogP contribution in [0.25, 0.3) is 0 Å². The summed E-state index contributed by atoms with van der Waals surface area (Å²) in [5, 5.41) is 0.491. The van der Waals surface area contributed by atoms with E-state index in [2.05, 4.69) is 4.72 Å². The topological polar surface area (TPSA) is 46.2 Å². The van der Waals surface area contributed by atoms with E-state index in [1.165, 1.54) is 30.3 Å². The highest BCUT2D eigenvalue weighted by atomic mass is 35.5. The summed E-state index contributed by atoms with van der Waals surface area (Å²) in [5.74, 6) is -0.589. The number of benzene rings is 2. The molecule has 118 valence electrons. The maximum absolute atomic E-state index is 13.7. The largest absolute Gasteiger partial charge is 0.242 e. The van der Waals surface area contributed by atoms with Crippen molar-refractivity contribution in [2.45, 2.75) is 18.4 Å². The molecule has 0 heterocycles.